The Bertz CT molecular complexity index is 286. The number of nitrogens with zero attached hydrogens (tertiary/aromatic N) is 2. The van der Waals surface area contributed by atoms with Crippen LogP contribution in [-0.4, -0.2) is 62.8 Å². The average molecular weight is 456 g/mol. The van der Waals surface area contributed by atoms with Crippen molar-refractivity contribution in [1.82, 2.24) is 15.5 Å². The molecule has 0 radical (unpaired) electrons. The van der Waals surface area contributed by atoms with Crippen molar-refractivity contribution in [1.29, 1.82) is 0 Å². The molecule has 0 saturated carbocycles. The van der Waals surface area contributed by atoms with Gasteiger partial charge in [-0.1, -0.05) is 13.8 Å². The number of ether oxygens (including phenoxy) is 1. The number of hydrogen-bond donors (Lipinski definition) is 2. The van der Waals surface area contributed by atoms with Gasteiger partial charge in [0, 0.05) is 32.3 Å². The second kappa shape index (κ2) is 19.2. The molecule has 0 spiro atoms. The van der Waals surface area contributed by atoms with Crippen molar-refractivity contribution in [3.63, 3.8) is 0 Å². The summed E-state index contributed by atoms with van der Waals surface area (Å²) in [6.45, 7) is 17.7. The highest BCUT2D eigenvalue weighted by Crippen LogP contribution is 2.00. The summed E-state index contributed by atoms with van der Waals surface area (Å²) in [5.41, 5.74) is 0. The van der Waals surface area contributed by atoms with Crippen molar-refractivity contribution in [2.45, 2.75) is 66.3 Å². The lowest BCUT2D eigenvalue weighted by molar-refractivity contribution is 0.144. The maximum Gasteiger partial charge on any atom is 0.191 e. The molecule has 0 fully saturated rings. The van der Waals surface area contributed by atoms with E-state index in [9.17, 15) is 0 Å². The van der Waals surface area contributed by atoms with E-state index in [0.29, 0.717) is 6.04 Å². The first-order valence-corrected chi connectivity index (χ1v) is 9.52. The van der Waals surface area contributed by atoms with Crippen molar-refractivity contribution >= 4 is 29.9 Å². The highest BCUT2D eigenvalue weighted by Gasteiger charge is 2.06. The monoisotopic (exact) mass is 456 g/mol. The third-order valence-corrected chi connectivity index (χ3v) is 3.90. The predicted octanol–water partition coefficient (Wildman–Crippen LogP) is 3.49. The van der Waals surface area contributed by atoms with E-state index in [-0.39, 0.29) is 24.0 Å². The van der Waals surface area contributed by atoms with Gasteiger partial charge in [0.05, 0.1) is 0 Å². The number of guanidine groups is 1. The molecule has 0 rings (SSSR count). The predicted molar refractivity (Wildman–Crippen MR) is 117 cm³/mol. The van der Waals surface area contributed by atoms with E-state index in [2.05, 4.69) is 48.2 Å². The fraction of sp³-hybridized carbons (Fsp3) is 0.944. The van der Waals surface area contributed by atoms with E-state index in [0.717, 1.165) is 58.2 Å². The topological polar surface area (TPSA) is 48.9 Å². The van der Waals surface area contributed by atoms with Crippen molar-refractivity contribution in [3.05, 3.63) is 0 Å². The standard InChI is InChI=1S/C18H40N4O.HI/c1-6-19-18(20-14-10-11-16-23-9-4)21-17(5)13-12-15-22(7-2)8-3;/h17H,6-16H2,1-5H3,(H2,19,20,21);1H. The first kappa shape index (κ1) is 26.2. The van der Waals surface area contributed by atoms with Gasteiger partial charge in [0.25, 0.3) is 0 Å². The molecular weight excluding hydrogens is 415 g/mol. The fourth-order valence-electron chi connectivity index (χ4n) is 2.44. The quantitative estimate of drug-likeness (QED) is 0.182. The van der Waals surface area contributed by atoms with Gasteiger partial charge < -0.3 is 20.3 Å². The van der Waals surface area contributed by atoms with Gasteiger partial charge in [-0.3, -0.25) is 4.99 Å². The molecule has 6 heteroatoms. The zero-order valence-corrected chi connectivity index (χ0v) is 18.9. The molecule has 0 aliphatic heterocycles. The van der Waals surface area contributed by atoms with Crippen LogP contribution in [0, 0.1) is 0 Å². The summed E-state index contributed by atoms with van der Waals surface area (Å²) in [7, 11) is 0. The first-order chi connectivity index (χ1) is 11.2. The van der Waals surface area contributed by atoms with Gasteiger partial charge in [0.2, 0.25) is 0 Å². The Kier molecular flexibility index (Phi) is 21.0. The van der Waals surface area contributed by atoms with Gasteiger partial charge in [-0.2, -0.15) is 0 Å². The Morgan fingerprint density at radius 1 is 1.08 bits per heavy atom. The molecule has 146 valence electrons. The summed E-state index contributed by atoms with van der Waals surface area (Å²) in [5.74, 6) is 0.944. The molecule has 0 aliphatic rings. The molecule has 24 heavy (non-hydrogen) atoms. The minimum absolute atomic E-state index is 0. The van der Waals surface area contributed by atoms with Crippen LogP contribution in [0.4, 0.5) is 0 Å². The van der Waals surface area contributed by atoms with Gasteiger partial charge in [-0.15, -0.1) is 24.0 Å². The third-order valence-electron chi connectivity index (χ3n) is 3.90. The summed E-state index contributed by atoms with van der Waals surface area (Å²) < 4.78 is 5.35. The summed E-state index contributed by atoms with van der Waals surface area (Å²) in [6.07, 6.45) is 4.55. The van der Waals surface area contributed by atoms with Gasteiger partial charge >= 0.3 is 0 Å². The van der Waals surface area contributed by atoms with Crippen LogP contribution < -0.4 is 10.6 Å². The SMILES string of the molecule is CCNC(=NCCCCOCC)NC(C)CCCN(CC)CC.I. The smallest absolute Gasteiger partial charge is 0.191 e. The van der Waals surface area contributed by atoms with Crippen molar-refractivity contribution in [2.24, 2.45) is 4.99 Å². The Labute approximate surface area is 167 Å². The van der Waals surface area contributed by atoms with E-state index in [1.165, 1.54) is 19.4 Å². The molecule has 0 aromatic heterocycles. The van der Waals surface area contributed by atoms with Crippen LogP contribution in [0.3, 0.4) is 0 Å². The van der Waals surface area contributed by atoms with E-state index in [1.807, 2.05) is 6.92 Å². The third kappa shape index (κ3) is 15.4. The van der Waals surface area contributed by atoms with Gasteiger partial charge in [-0.25, -0.2) is 0 Å². The van der Waals surface area contributed by atoms with Crippen LogP contribution in [0.5, 0.6) is 0 Å². The second-order valence-corrected chi connectivity index (χ2v) is 5.88. The van der Waals surface area contributed by atoms with E-state index in [4.69, 9.17) is 4.74 Å². The number of nitrogens with one attached hydrogen (secondary N) is 2. The fourth-order valence-corrected chi connectivity index (χ4v) is 2.44. The first-order valence-electron chi connectivity index (χ1n) is 9.52. The number of hydrogen-bond acceptors (Lipinski definition) is 3. The maximum atomic E-state index is 5.35. The van der Waals surface area contributed by atoms with Crippen LogP contribution in [0.1, 0.15) is 60.3 Å². The second-order valence-electron chi connectivity index (χ2n) is 5.88. The van der Waals surface area contributed by atoms with Crippen LogP contribution >= 0.6 is 24.0 Å². The van der Waals surface area contributed by atoms with Crippen molar-refractivity contribution < 1.29 is 4.74 Å². The van der Waals surface area contributed by atoms with Crippen LogP contribution in [0.15, 0.2) is 4.99 Å². The lowest BCUT2D eigenvalue weighted by Crippen LogP contribution is -2.42. The van der Waals surface area contributed by atoms with E-state index in [1.54, 1.807) is 0 Å². The molecule has 0 bridgehead atoms. The maximum absolute atomic E-state index is 5.35. The zero-order chi connectivity index (χ0) is 17.3. The van der Waals surface area contributed by atoms with E-state index >= 15 is 0 Å². The zero-order valence-electron chi connectivity index (χ0n) is 16.6. The lowest BCUT2D eigenvalue weighted by atomic mass is 10.2. The highest BCUT2D eigenvalue weighted by molar-refractivity contribution is 14.0. The van der Waals surface area contributed by atoms with Gasteiger partial charge in [-0.05, 0) is 66.1 Å². The molecule has 2 N–H and O–H groups in total. The number of unbranched alkanes of at least 4 members (excludes halogenated alkanes) is 1. The average Bonchev–Trinajstić information content (AvgIpc) is 2.55. The number of rotatable bonds is 14. The molecule has 5 nitrogen and oxygen atoms in total. The lowest BCUT2D eigenvalue weighted by Gasteiger charge is -2.21. The molecule has 1 atom stereocenters. The van der Waals surface area contributed by atoms with Gasteiger partial charge in [0.15, 0.2) is 5.96 Å². The Hall–Kier alpha value is -0.0800. The summed E-state index contributed by atoms with van der Waals surface area (Å²) in [5, 5.41) is 6.85. The number of halogens is 1. The minimum Gasteiger partial charge on any atom is -0.382 e. The molecule has 0 aromatic rings. The van der Waals surface area contributed by atoms with Crippen LogP contribution in [0.25, 0.3) is 0 Å². The molecule has 0 aliphatic carbocycles. The summed E-state index contributed by atoms with van der Waals surface area (Å²) in [6, 6.07) is 0.451. The molecule has 0 aromatic carbocycles. The van der Waals surface area contributed by atoms with Gasteiger partial charge in [0.1, 0.15) is 0 Å². The summed E-state index contributed by atoms with van der Waals surface area (Å²) in [4.78, 5) is 7.13. The minimum atomic E-state index is 0. The molecule has 1 unspecified atom stereocenters. The van der Waals surface area contributed by atoms with E-state index < -0.39 is 0 Å². The van der Waals surface area contributed by atoms with Crippen molar-refractivity contribution in [3.8, 4) is 0 Å². The Morgan fingerprint density at radius 3 is 2.38 bits per heavy atom. The molecule has 0 amide bonds. The molecular formula is C18H41IN4O. The number of aliphatic imine (C=N–C) groups is 1. The largest absolute Gasteiger partial charge is 0.382 e. The van der Waals surface area contributed by atoms with Crippen molar-refractivity contribution in [2.75, 3.05) is 45.9 Å². The van der Waals surface area contributed by atoms with Crippen LogP contribution in [0.2, 0.25) is 0 Å². The Balaban J connectivity index is 0. The Morgan fingerprint density at radius 2 is 1.79 bits per heavy atom. The van der Waals surface area contributed by atoms with Crippen LogP contribution in [-0.2, 0) is 4.74 Å². The molecule has 0 saturated heterocycles. The normalized spacial score (nSPS) is 12.8. The molecule has 0 heterocycles. The highest BCUT2D eigenvalue weighted by atomic mass is 127. The summed E-state index contributed by atoms with van der Waals surface area (Å²) >= 11 is 0.